The molecule has 0 aromatic carbocycles. The molecule has 1 heterocycles. The Morgan fingerprint density at radius 2 is 1.76 bits per heavy atom. The van der Waals surface area contributed by atoms with Crippen LogP contribution in [0.5, 0.6) is 0 Å². The molecule has 122 valence electrons. The quantitative estimate of drug-likeness (QED) is 0.506. The summed E-state index contributed by atoms with van der Waals surface area (Å²) in [6.07, 6.45) is 10.4. The molecule has 0 amide bonds. The molecule has 0 saturated heterocycles. The Morgan fingerprint density at radius 3 is 2.38 bits per heavy atom. The second kappa shape index (κ2) is 8.27. The average Bonchev–Trinajstić information content (AvgIpc) is 3.02. The first-order chi connectivity index (χ1) is 10.2. The van der Waals surface area contributed by atoms with E-state index in [9.17, 15) is 0 Å². The van der Waals surface area contributed by atoms with E-state index >= 15 is 0 Å². The molecule has 0 unspecified atom stereocenters. The van der Waals surface area contributed by atoms with Crippen LogP contribution >= 0.6 is 0 Å². The fourth-order valence-electron chi connectivity index (χ4n) is 3.48. The molecule has 2 rings (SSSR count). The Hall–Kier alpha value is -0.433. The van der Waals surface area contributed by atoms with Crippen LogP contribution in [0.25, 0.3) is 0 Å². The van der Waals surface area contributed by atoms with Gasteiger partial charge in [0.15, 0.2) is 0 Å². The minimum atomic E-state index is -2.39. The first kappa shape index (κ1) is 16.9. The predicted molar refractivity (Wildman–Crippen MR) is 85.8 cm³/mol. The first-order valence-corrected chi connectivity index (χ1v) is 10.2. The van der Waals surface area contributed by atoms with Crippen LogP contribution in [0.15, 0.2) is 0 Å². The van der Waals surface area contributed by atoms with Crippen molar-refractivity contribution >= 4 is 15.1 Å². The van der Waals surface area contributed by atoms with Crippen molar-refractivity contribution in [3.05, 3.63) is 0 Å². The summed E-state index contributed by atoms with van der Waals surface area (Å²) in [6.45, 7) is 3.40. The zero-order chi connectivity index (χ0) is 15.1. The molecule has 21 heavy (non-hydrogen) atoms. The van der Waals surface area contributed by atoms with E-state index in [1.165, 1.54) is 38.6 Å². The minimum absolute atomic E-state index is 0.786. The molecule has 1 aliphatic heterocycles. The monoisotopic (exact) mass is 315 g/mol. The van der Waals surface area contributed by atoms with Crippen molar-refractivity contribution in [1.29, 1.82) is 0 Å². The summed E-state index contributed by atoms with van der Waals surface area (Å²) in [4.78, 5) is 2.56. The Balaban J connectivity index is 1.76. The van der Waals surface area contributed by atoms with Crippen molar-refractivity contribution in [1.82, 2.24) is 4.90 Å². The van der Waals surface area contributed by atoms with E-state index in [0.717, 1.165) is 31.6 Å². The second-order valence-electron chi connectivity index (χ2n) is 6.08. The van der Waals surface area contributed by atoms with Gasteiger partial charge in [-0.2, -0.15) is 0 Å². The zero-order valence-electron chi connectivity index (χ0n) is 13.8. The Kier molecular flexibility index (Phi) is 6.66. The maximum absolute atomic E-state index is 5.47. The molecule has 1 saturated carbocycles. The van der Waals surface area contributed by atoms with Crippen LogP contribution in [-0.2, 0) is 13.3 Å². The highest BCUT2D eigenvalue weighted by molar-refractivity contribution is 6.60. The standard InChI is InChI=1S/C15H31N2O3Si/c1-18-21(19-2,20-3)13-7-10-16-11-12-17(14-16)15-8-5-4-6-9-15/h14-15H,4-13H2,1-3H3/q+1. The topological polar surface area (TPSA) is 33.9 Å². The SMILES string of the molecule is CO[Si](CCC[N+]1=CN(C2CCCCC2)CC1)(OC)OC. The first-order valence-electron chi connectivity index (χ1n) is 8.23. The van der Waals surface area contributed by atoms with Crippen molar-refractivity contribution in [3.63, 3.8) is 0 Å². The molecule has 0 aromatic heterocycles. The van der Waals surface area contributed by atoms with Crippen molar-refractivity contribution in [2.24, 2.45) is 0 Å². The Bertz CT molecular complexity index is 334. The van der Waals surface area contributed by atoms with Gasteiger partial charge in [-0.05, 0) is 32.1 Å². The smallest absolute Gasteiger partial charge is 0.377 e. The van der Waals surface area contributed by atoms with E-state index in [-0.39, 0.29) is 0 Å². The lowest BCUT2D eigenvalue weighted by molar-refractivity contribution is -0.513. The zero-order valence-corrected chi connectivity index (χ0v) is 14.8. The van der Waals surface area contributed by atoms with Gasteiger partial charge in [0, 0.05) is 27.4 Å². The second-order valence-corrected chi connectivity index (χ2v) is 9.17. The van der Waals surface area contributed by atoms with Gasteiger partial charge in [-0.25, -0.2) is 0 Å². The Labute approximate surface area is 130 Å². The van der Waals surface area contributed by atoms with E-state index in [1.807, 2.05) is 0 Å². The number of hydrogen-bond acceptors (Lipinski definition) is 4. The van der Waals surface area contributed by atoms with E-state index in [0.29, 0.717) is 0 Å². The van der Waals surface area contributed by atoms with Crippen molar-refractivity contribution in [2.75, 3.05) is 41.0 Å². The summed E-state index contributed by atoms with van der Waals surface area (Å²) in [5, 5.41) is 0. The molecule has 6 heteroatoms. The van der Waals surface area contributed by atoms with Gasteiger partial charge in [0.05, 0.1) is 12.6 Å². The van der Waals surface area contributed by atoms with Crippen LogP contribution in [0.4, 0.5) is 0 Å². The summed E-state index contributed by atoms with van der Waals surface area (Å²) >= 11 is 0. The minimum Gasteiger partial charge on any atom is -0.377 e. The third-order valence-corrected chi connectivity index (χ3v) is 7.69. The normalized spacial score (nSPS) is 20.9. The summed E-state index contributed by atoms with van der Waals surface area (Å²) in [6, 6.07) is 1.67. The van der Waals surface area contributed by atoms with Crippen LogP contribution in [0.3, 0.4) is 0 Å². The molecule has 0 atom stereocenters. The average molecular weight is 316 g/mol. The van der Waals surface area contributed by atoms with Crippen LogP contribution in [0.2, 0.25) is 6.04 Å². The molecule has 0 radical (unpaired) electrons. The highest BCUT2D eigenvalue weighted by Gasteiger charge is 2.37. The highest BCUT2D eigenvalue weighted by atomic mass is 28.4. The maximum atomic E-state index is 5.47. The third-order valence-electron chi connectivity index (χ3n) is 4.86. The molecule has 0 spiro atoms. The summed E-state index contributed by atoms with van der Waals surface area (Å²) in [7, 11) is 2.67. The molecule has 0 bridgehead atoms. The van der Waals surface area contributed by atoms with Crippen molar-refractivity contribution < 1.29 is 17.9 Å². The van der Waals surface area contributed by atoms with Gasteiger partial charge in [0.1, 0.15) is 13.1 Å². The molecule has 1 aliphatic carbocycles. The molecule has 0 aromatic rings. The van der Waals surface area contributed by atoms with E-state index < -0.39 is 8.80 Å². The van der Waals surface area contributed by atoms with Gasteiger partial charge in [-0.1, -0.05) is 6.42 Å². The molecular formula is C15H31N2O3Si+. The lowest BCUT2D eigenvalue weighted by Crippen LogP contribution is -2.43. The van der Waals surface area contributed by atoms with Gasteiger partial charge in [0.25, 0.3) is 0 Å². The fraction of sp³-hybridized carbons (Fsp3) is 0.933. The van der Waals surface area contributed by atoms with Crippen LogP contribution in [0.1, 0.15) is 38.5 Å². The van der Waals surface area contributed by atoms with Gasteiger partial charge in [0.2, 0.25) is 6.34 Å². The lowest BCUT2D eigenvalue weighted by atomic mass is 9.95. The van der Waals surface area contributed by atoms with Gasteiger partial charge < -0.3 is 13.3 Å². The van der Waals surface area contributed by atoms with Gasteiger partial charge in [-0.15, -0.1) is 0 Å². The van der Waals surface area contributed by atoms with Gasteiger partial charge in [-0.3, -0.25) is 9.48 Å². The summed E-state index contributed by atoms with van der Waals surface area (Å²) in [5.41, 5.74) is 0. The molecule has 5 nitrogen and oxygen atoms in total. The van der Waals surface area contributed by atoms with Gasteiger partial charge >= 0.3 is 8.80 Å². The summed E-state index contributed by atoms with van der Waals surface area (Å²) < 4.78 is 18.9. The van der Waals surface area contributed by atoms with Crippen molar-refractivity contribution in [2.45, 2.75) is 50.6 Å². The summed E-state index contributed by atoms with van der Waals surface area (Å²) in [5.74, 6) is 0. The number of rotatable bonds is 8. The van der Waals surface area contributed by atoms with Crippen LogP contribution in [-0.4, -0.2) is 71.6 Å². The lowest BCUT2D eigenvalue weighted by Gasteiger charge is -2.24. The predicted octanol–water partition coefficient (Wildman–Crippen LogP) is 1.94. The molecule has 1 fully saturated rings. The van der Waals surface area contributed by atoms with Crippen LogP contribution < -0.4 is 0 Å². The number of nitrogens with zero attached hydrogens (tertiary/aromatic N) is 2. The number of hydrogen-bond donors (Lipinski definition) is 0. The fourth-order valence-corrected chi connectivity index (χ4v) is 5.19. The van der Waals surface area contributed by atoms with Crippen molar-refractivity contribution in [3.8, 4) is 0 Å². The molecular weight excluding hydrogens is 284 g/mol. The maximum Gasteiger partial charge on any atom is 0.500 e. The largest absolute Gasteiger partial charge is 0.500 e. The highest BCUT2D eigenvalue weighted by Crippen LogP contribution is 2.22. The van der Waals surface area contributed by atoms with E-state index in [1.54, 1.807) is 21.3 Å². The van der Waals surface area contributed by atoms with Crippen LogP contribution in [0, 0.1) is 0 Å². The van der Waals surface area contributed by atoms with E-state index in [4.69, 9.17) is 13.3 Å². The third kappa shape index (κ3) is 4.52. The Morgan fingerprint density at radius 1 is 1.10 bits per heavy atom. The molecule has 0 N–H and O–H groups in total. The van der Waals surface area contributed by atoms with E-state index in [2.05, 4.69) is 15.8 Å². The molecule has 2 aliphatic rings.